The minimum Gasteiger partial charge on any atom is -0.312 e. The van der Waals surface area contributed by atoms with Crippen LogP contribution < -0.4 is 5.32 Å². The van der Waals surface area contributed by atoms with E-state index in [1.165, 1.54) is 12.0 Å². The van der Waals surface area contributed by atoms with Crippen LogP contribution in [0, 0.1) is 5.92 Å². The van der Waals surface area contributed by atoms with E-state index in [1.54, 1.807) is 5.54 Å². The quantitative estimate of drug-likeness (QED) is 0.822. The molecule has 0 aliphatic carbocycles. The van der Waals surface area contributed by atoms with Crippen molar-refractivity contribution in [2.45, 2.75) is 46.2 Å². The summed E-state index contributed by atoms with van der Waals surface area (Å²) in [5.41, 5.74) is 2.95. The zero-order valence-corrected chi connectivity index (χ0v) is 11.7. The molecule has 1 N–H and O–H groups in total. The average molecular weight is 245 g/mol. The summed E-state index contributed by atoms with van der Waals surface area (Å²) in [4.78, 5) is 2.54. The first kappa shape index (κ1) is 14.0. The predicted molar refractivity (Wildman–Crippen MR) is 71.9 cm³/mol. The van der Waals surface area contributed by atoms with E-state index in [4.69, 9.17) is 11.6 Å². The van der Waals surface area contributed by atoms with Crippen LogP contribution >= 0.6 is 11.6 Å². The van der Waals surface area contributed by atoms with Crippen LogP contribution in [-0.4, -0.2) is 36.6 Å². The summed E-state index contributed by atoms with van der Waals surface area (Å²) in [6.45, 7) is 12.2. The summed E-state index contributed by atoms with van der Waals surface area (Å²) in [5.74, 6) is 0.688. The van der Waals surface area contributed by atoms with Gasteiger partial charge in [0, 0.05) is 30.7 Å². The highest BCUT2D eigenvalue weighted by molar-refractivity contribution is 6.25. The van der Waals surface area contributed by atoms with Gasteiger partial charge in [0.15, 0.2) is 0 Å². The number of nitrogens with zero attached hydrogens (tertiary/aromatic N) is 1. The van der Waals surface area contributed by atoms with Crippen LogP contribution in [0.5, 0.6) is 0 Å². The topological polar surface area (TPSA) is 15.3 Å². The van der Waals surface area contributed by atoms with Gasteiger partial charge >= 0.3 is 0 Å². The second-order valence-corrected chi connectivity index (χ2v) is 5.55. The second kappa shape index (κ2) is 6.63. The van der Waals surface area contributed by atoms with E-state index < -0.39 is 0 Å². The molecule has 0 aromatic heterocycles. The van der Waals surface area contributed by atoms with E-state index in [9.17, 15) is 0 Å². The first-order valence-electron chi connectivity index (χ1n) is 6.28. The molecule has 1 fully saturated rings. The number of halogens is 1. The molecule has 1 aliphatic heterocycles. The van der Waals surface area contributed by atoms with E-state index in [0.717, 1.165) is 19.6 Å². The molecule has 0 saturated carbocycles. The number of hydrogen-bond donors (Lipinski definition) is 1. The molecule has 1 aliphatic rings. The van der Waals surface area contributed by atoms with Crippen molar-refractivity contribution in [1.29, 1.82) is 0 Å². The summed E-state index contributed by atoms with van der Waals surface area (Å²) in [7, 11) is 0. The molecule has 94 valence electrons. The lowest BCUT2D eigenvalue weighted by atomic mass is 10.0. The van der Waals surface area contributed by atoms with Crippen molar-refractivity contribution in [3.63, 3.8) is 0 Å². The molecule has 16 heavy (non-hydrogen) atoms. The molecule has 1 heterocycles. The van der Waals surface area contributed by atoms with Gasteiger partial charge in [0.25, 0.3) is 0 Å². The Balaban J connectivity index is 2.63. The van der Waals surface area contributed by atoms with Crippen LogP contribution in [-0.2, 0) is 0 Å². The van der Waals surface area contributed by atoms with E-state index >= 15 is 0 Å². The highest BCUT2D eigenvalue weighted by Gasteiger charge is 2.24. The number of nitrogens with one attached hydrogen (secondary N) is 1. The summed E-state index contributed by atoms with van der Waals surface area (Å²) in [5, 5.41) is 3.64. The first-order chi connectivity index (χ1) is 7.54. The van der Waals surface area contributed by atoms with Gasteiger partial charge in [-0.05, 0) is 38.3 Å². The van der Waals surface area contributed by atoms with Gasteiger partial charge in [-0.15, -0.1) is 0 Å². The molecule has 0 aromatic carbocycles. The minimum absolute atomic E-state index is 0.605. The molecule has 2 atom stereocenters. The maximum atomic E-state index is 5.75. The highest BCUT2D eigenvalue weighted by atomic mass is 35.5. The minimum atomic E-state index is 0.605. The molecule has 0 spiro atoms. The van der Waals surface area contributed by atoms with Crippen molar-refractivity contribution in [2.75, 3.05) is 19.6 Å². The standard InChI is InChI=1S/C13H25ClN2/c1-10(2)13-9-16(8-11(3)7-14)12(4)5-6-15-13/h7,10,12-13,15H,5-6,8-9H2,1-4H3. The van der Waals surface area contributed by atoms with Crippen molar-refractivity contribution in [3.05, 3.63) is 11.1 Å². The molecule has 1 rings (SSSR count). The van der Waals surface area contributed by atoms with Crippen molar-refractivity contribution in [2.24, 2.45) is 5.92 Å². The van der Waals surface area contributed by atoms with Crippen LogP contribution in [0.4, 0.5) is 0 Å². The van der Waals surface area contributed by atoms with E-state index in [0.29, 0.717) is 18.0 Å². The molecule has 2 nitrogen and oxygen atoms in total. The smallest absolute Gasteiger partial charge is 0.0218 e. The van der Waals surface area contributed by atoms with Crippen molar-refractivity contribution >= 4 is 11.6 Å². The van der Waals surface area contributed by atoms with Crippen LogP contribution in [0.15, 0.2) is 11.1 Å². The Morgan fingerprint density at radius 2 is 2.25 bits per heavy atom. The molecule has 0 amide bonds. The fourth-order valence-corrected chi connectivity index (χ4v) is 2.25. The zero-order valence-electron chi connectivity index (χ0n) is 11.0. The maximum Gasteiger partial charge on any atom is 0.0218 e. The SMILES string of the molecule is CC(=CCl)CN1CC(C(C)C)NCCC1C. The van der Waals surface area contributed by atoms with Crippen molar-refractivity contribution in [1.82, 2.24) is 10.2 Å². The molecular formula is C13H25ClN2. The number of hydrogen-bond acceptors (Lipinski definition) is 2. The van der Waals surface area contributed by atoms with Crippen molar-refractivity contribution < 1.29 is 0 Å². The Bertz CT molecular complexity index is 238. The monoisotopic (exact) mass is 244 g/mol. The first-order valence-corrected chi connectivity index (χ1v) is 6.71. The Morgan fingerprint density at radius 1 is 1.56 bits per heavy atom. The number of rotatable bonds is 3. The normalized spacial score (nSPS) is 29.5. The van der Waals surface area contributed by atoms with Gasteiger partial charge in [-0.1, -0.05) is 25.4 Å². The predicted octanol–water partition coefficient (Wildman–Crippen LogP) is 2.84. The summed E-state index contributed by atoms with van der Waals surface area (Å²) < 4.78 is 0. The van der Waals surface area contributed by atoms with E-state index in [-0.39, 0.29) is 0 Å². The van der Waals surface area contributed by atoms with Gasteiger partial charge < -0.3 is 5.32 Å². The highest BCUT2D eigenvalue weighted by Crippen LogP contribution is 2.15. The summed E-state index contributed by atoms with van der Waals surface area (Å²) in [6.07, 6.45) is 1.22. The molecule has 2 unspecified atom stereocenters. The summed E-state index contributed by atoms with van der Waals surface area (Å²) in [6, 6.07) is 1.25. The molecule has 0 radical (unpaired) electrons. The molecule has 3 heteroatoms. The Labute approximate surface area is 105 Å². The molecular weight excluding hydrogens is 220 g/mol. The van der Waals surface area contributed by atoms with Gasteiger partial charge in [-0.2, -0.15) is 0 Å². The zero-order chi connectivity index (χ0) is 12.1. The van der Waals surface area contributed by atoms with Gasteiger partial charge in [0.1, 0.15) is 0 Å². The fraction of sp³-hybridized carbons (Fsp3) is 0.846. The van der Waals surface area contributed by atoms with E-state index in [2.05, 4.69) is 37.9 Å². The van der Waals surface area contributed by atoms with Crippen LogP contribution in [0.25, 0.3) is 0 Å². The third-order valence-electron chi connectivity index (χ3n) is 3.47. The van der Waals surface area contributed by atoms with Gasteiger partial charge in [0.05, 0.1) is 0 Å². The van der Waals surface area contributed by atoms with Gasteiger partial charge in [0.2, 0.25) is 0 Å². The maximum absolute atomic E-state index is 5.75. The van der Waals surface area contributed by atoms with Crippen LogP contribution in [0.3, 0.4) is 0 Å². The van der Waals surface area contributed by atoms with Crippen LogP contribution in [0.1, 0.15) is 34.1 Å². The Hall–Kier alpha value is -0.0500. The molecule has 1 saturated heterocycles. The lowest BCUT2D eigenvalue weighted by molar-refractivity contribution is 0.208. The van der Waals surface area contributed by atoms with Gasteiger partial charge in [-0.3, -0.25) is 4.90 Å². The average Bonchev–Trinajstić information content (AvgIpc) is 2.41. The third-order valence-corrected chi connectivity index (χ3v) is 3.84. The fourth-order valence-electron chi connectivity index (χ4n) is 2.18. The largest absolute Gasteiger partial charge is 0.312 e. The summed E-state index contributed by atoms with van der Waals surface area (Å²) >= 11 is 5.75. The van der Waals surface area contributed by atoms with Gasteiger partial charge in [-0.25, -0.2) is 0 Å². The van der Waals surface area contributed by atoms with Crippen molar-refractivity contribution in [3.8, 4) is 0 Å². The molecule has 0 aromatic rings. The third kappa shape index (κ3) is 4.08. The molecule has 0 bridgehead atoms. The van der Waals surface area contributed by atoms with E-state index in [1.807, 2.05) is 0 Å². The Kier molecular flexibility index (Phi) is 5.81. The lowest BCUT2D eigenvalue weighted by Crippen LogP contribution is -2.43. The lowest BCUT2D eigenvalue weighted by Gasteiger charge is -2.30. The van der Waals surface area contributed by atoms with Crippen LogP contribution in [0.2, 0.25) is 0 Å². The Morgan fingerprint density at radius 3 is 2.81 bits per heavy atom. The second-order valence-electron chi connectivity index (χ2n) is 5.33.